The van der Waals surface area contributed by atoms with Crippen molar-refractivity contribution in [3.05, 3.63) is 47.0 Å². The van der Waals surface area contributed by atoms with Gasteiger partial charge in [-0.05, 0) is 31.0 Å². The summed E-state index contributed by atoms with van der Waals surface area (Å²) in [6.07, 6.45) is 3.33. The number of carbonyl (C=O) groups excluding carboxylic acids is 2. The first-order valence-electron chi connectivity index (χ1n) is 8.61. The van der Waals surface area contributed by atoms with Gasteiger partial charge in [0.25, 0.3) is 5.91 Å². The summed E-state index contributed by atoms with van der Waals surface area (Å²) in [5.74, 6) is -0.0559. The Balaban J connectivity index is 1.65. The molecule has 0 saturated heterocycles. The second kappa shape index (κ2) is 7.46. The van der Waals surface area contributed by atoms with E-state index in [0.29, 0.717) is 18.7 Å². The van der Waals surface area contributed by atoms with Crippen molar-refractivity contribution < 1.29 is 9.59 Å². The van der Waals surface area contributed by atoms with Crippen LogP contribution in [0.5, 0.6) is 0 Å². The van der Waals surface area contributed by atoms with Crippen LogP contribution in [-0.2, 0) is 30.8 Å². The molecule has 132 valence electrons. The SMILES string of the molecule is CCc1cc(C(=O)NCc2cc3n(n2)CCCN(C(C)=O)C3)ccn1. The van der Waals surface area contributed by atoms with Crippen LogP contribution in [0, 0.1) is 0 Å². The molecule has 1 N–H and O–H groups in total. The molecule has 7 nitrogen and oxygen atoms in total. The van der Waals surface area contributed by atoms with Crippen LogP contribution in [0.25, 0.3) is 0 Å². The predicted molar refractivity (Wildman–Crippen MR) is 92.7 cm³/mol. The van der Waals surface area contributed by atoms with Crippen molar-refractivity contribution in [3.63, 3.8) is 0 Å². The molecular weight excluding hydrogens is 318 g/mol. The number of hydrogen-bond donors (Lipinski definition) is 1. The quantitative estimate of drug-likeness (QED) is 0.914. The van der Waals surface area contributed by atoms with E-state index < -0.39 is 0 Å². The zero-order valence-electron chi connectivity index (χ0n) is 14.7. The van der Waals surface area contributed by atoms with Gasteiger partial charge in [-0.15, -0.1) is 0 Å². The number of aromatic nitrogens is 3. The third kappa shape index (κ3) is 4.04. The summed E-state index contributed by atoms with van der Waals surface area (Å²) in [4.78, 5) is 30.0. The molecule has 25 heavy (non-hydrogen) atoms. The lowest BCUT2D eigenvalue weighted by atomic mass is 10.2. The molecule has 0 atom stereocenters. The number of nitrogens with one attached hydrogen (secondary N) is 1. The Morgan fingerprint density at radius 3 is 2.84 bits per heavy atom. The smallest absolute Gasteiger partial charge is 0.251 e. The minimum atomic E-state index is -0.134. The second-order valence-corrected chi connectivity index (χ2v) is 6.22. The Morgan fingerprint density at radius 2 is 2.08 bits per heavy atom. The average molecular weight is 341 g/mol. The summed E-state index contributed by atoms with van der Waals surface area (Å²) < 4.78 is 1.94. The number of rotatable bonds is 4. The number of aryl methyl sites for hydroxylation is 2. The summed E-state index contributed by atoms with van der Waals surface area (Å²) in [7, 11) is 0. The van der Waals surface area contributed by atoms with Gasteiger partial charge in [-0.1, -0.05) is 6.92 Å². The molecule has 2 aromatic rings. The maximum absolute atomic E-state index is 12.3. The van der Waals surface area contributed by atoms with Crippen LogP contribution >= 0.6 is 0 Å². The maximum atomic E-state index is 12.3. The fraction of sp³-hybridized carbons (Fsp3) is 0.444. The van der Waals surface area contributed by atoms with E-state index in [1.165, 1.54) is 0 Å². The highest BCUT2D eigenvalue weighted by molar-refractivity contribution is 5.94. The van der Waals surface area contributed by atoms with Gasteiger partial charge < -0.3 is 10.2 Å². The molecule has 1 aliphatic heterocycles. The molecule has 0 spiro atoms. The van der Waals surface area contributed by atoms with Crippen molar-refractivity contribution in [2.24, 2.45) is 0 Å². The largest absolute Gasteiger partial charge is 0.346 e. The van der Waals surface area contributed by atoms with Crippen molar-refractivity contribution in [3.8, 4) is 0 Å². The van der Waals surface area contributed by atoms with E-state index in [1.54, 1.807) is 19.2 Å². The standard InChI is InChI=1S/C18H23N5O2/c1-3-15-9-14(5-6-19-15)18(25)20-11-16-10-17-12-22(13(2)24)7-4-8-23(17)21-16/h5-6,9-10H,3-4,7-8,11-12H2,1-2H3,(H,20,25). The maximum Gasteiger partial charge on any atom is 0.251 e. The first-order valence-corrected chi connectivity index (χ1v) is 8.61. The summed E-state index contributed by atoms with van der Waals surface area (Å²) in [5.41, 5.74) is 3.31. The number of hydrogen-bond acceptors (Lipinski definition) is 4. The second-order valence-electron chi connectivity index (χ2n) is 6.22. The van der Waals surface area contributed by atoms with E-state index in [4.69, 9.17) is 0 Å². The number of amides is 2. The fourth-order valence-electron chi connectivity index (χ4n) is 2.96. The Labute approximate surface area is 147 Å². The monoisotopic (exact) mass is 341 g/mol. The Morgan fingerprint density at radius 1 is 1.24 bits per heavy atom. The number of carbonyl (C=O) groups is 2. The van der Waals surface area contributed by atoms with E-state index in [9.17, 15) is 9.59 Å². The number of pyridine rings is 1. The highest BCUT2D eigenvalue weighted by Gasteiger charge is 2.18. The van der Waals surface area contributed by atoms with Gasteiger partial charge in [0.05, 0.1) is 24.5 Å². The molecule has 0 aliphatic carbocycles. The van der Waals surface area contributed by atoms with Gasteiger partial charge in [0.2, 0.25) is 5.91 Å². The molecule has 2 amide bonds. The van der Waals surface area contributed by atoms with Crippen LogP contribution in [0.1, 0.15) is 47.7 Å². The Bertz CT molecular complexity index is 784. The summed E-state index contributed by atoms with van der Waals surface area (Å²) in [6.45, 7) is 6.08. The summed E-state index contributed by atoms with van der Waals surface area (Å²) in [6, 6.07) is 5.48. The molecule has 3 rings (SSSR count). The van der Waals surface area contributed by atoms with Gasteiger partial charge >= 0.3 is 0 Å². The molecule has 0 saturated carbocycles. The van der Waals surface area contributed by atoms with Crippen molar-refractivity contribution in [1.82, 2.24) is 25.0 Å². The number of fused-ring (bicyclic) bond motifs is 1. The van der Waals surface area contributed by atoms with Gasteiger partial charge in [0.15, 0.2) is 0 Å². The molecule has 2 aromatic heterocycles. The normalized spacial score (nSPS) is 13.9. The molecule has 0 radical (unpaired) electrons. The lowest BCUT2D eigenvalue weighted by Crippen LogP contribution is -2.28. The van der Waals surface area contributed by atoms with Crippen LogP contribution in [0.15, 0.2) is 24.4 Å². The predicted octanol–water partition coefficient (Wildman–Crippen LogP) is 1.52. The minimum Gasteiger partial charge on any atom is -0.346 e. The molecule has 0 unspecified atom stereocenters. The molecule has 7 heteroatoms. The summed E-state index contributed by atoms with van der Waals surface area (Å²) in [5, 5.41) is 7.46. The lowest BCUT2D eigenvalue weighted by Gasteiger charge is -2.17. The molecular formula is C18H23N5O2. The minimum absolute atomic E-state index is 0.0777. The van der Waals surface area contributed by atoms with Crippen LogP contribution < -0.4 is 5.32 Å². The van der Waals surface area contributed by atoms with Gasteiger partial charge in [0.1, 0.15) is 0 Å². The molecule has 3 heterocycles. The van der Waals surface area contributed by atoms with Crippen LogP contribution in [0.3, 0.4) is 0 Å². The third-order valence-electron chi connectivity index (χ3n) is 4.38. The lowest BCUT2D eigenvalue weighted by molar-refractivity contribution is -0.129. The fourth-order valence-corrected chi connectivity index (χ4v) is 2.96. The van der Waals surface area contributed by atoms with Gasteiger partial charge in [-0.2, -0.15) is 5.10 Å². The average Bonchev–Trinajstić information content (AvgIpc) is 2.89. The molecule has 1 aliphatic rings. The Kier molecular flexibility index (Phi) is 5.11. The summed E-state index contributed by atoms with van der Waals surface area (Å²) >= 11 is 0. The van der Waals surface area contributed by atoms with Crippen LogP contribution in [0.2, 0.25) is 0 Å². The van der Waals surface area contributed by atoms with Gasteiger partial charge in [-0.3, -0.25) is 19.3 Å². The van der Waals surface area contributed by atoms with Crippen molar-refractivity contribution in [1.29, 1.82) is 0 Å². The first kappa shape index (κ1) is 17.1. The van der Waals surface area contributed by atoms with Crippen molar-refractivity contribution in [2.45, 2.75) is 46.3 Å². The molecule has 0 aromatic carbocycles. The van der Waals surface area contributed by atoms with Crippen LogP contribution in [-0.4, -0.2) is 38.0 Å². The van der Waals surface area contributed by atoms with E-state index in [2.05, 4.69) is 15.4 Å². The Hall–Kier alpha value is -2.70. The highest BCUT2D eigenvalue weighted by Crippen LogP contribution is 2.14. The highest BCUT2D eigenvalue weighted by atomic mass is 16.2. The topological polar surface area (TPSA) is 80.1 Å². The van der Waals surface area contributed by atoms with Crippen LogP contribution in [0.4, 0.5) is 0 Å². The van der Waals surface area contributed by atoms with Crippen molar-refractivity contribution >= 4 is 11.8 Å². The van der Waals surface area contributed by atoms with Gasteiger partial charge in [-0.25, -0.2) is 0 Å². The van der Waals surface area contributed by atoms with E-state index >= 15 is 0 Å². The molecule has 0 fully saturated rings. The molecule has 0 bridgehead atoms. The van der Waals surface area contributed by atoms with Gasteiger partial charge in [0, 0.05) is 37.5 Å². The zero-order valence-corrected chi connectivity index (χ0v) is 14.7. The van der Waals surface area contributed by atoms with E-state index in [-0.39, 0.29) is 11.8 Å². The third-order valence-corrected chi connectivity index (χ3v) is 4.38. The first-order chi connectivity index (χ1) is 12.1. The zero-order chi connectivity index (χ0) is 17.8. The van der Waals surface area contributed by atoms with Crippen molar-refractivity contribution in [2.75, 3.05) is 6.54 Å². The van der Waals surface area contributed by atoms with E-state index in [0.717, 1.165) is 43.0 Å². The van der Waals surface area contributed by atoms with E-state index in [1.807, 2.05) is 28.6 Å². The number of nitrogens with zero attached hydrogens (tertiary/aromatic N) is 4.